The SMILES string of the molecule is N#CCC1(O)CN(c2ccccc2S(=O)(=O)C(F)(F)F)C1. The molecular formula is C12H11F3N2O3S. The zero-order valence-electron chi connectivity index (χ0n) is 10.6. The van der Waals surface area contributed by atoms with Crippen molar-refractivity contribution in [1.82, 2.24) is 0 Å². The molecule has 1 aliphatic heterocycles. The second-order valence-corrected chi connectivity index (χ2v) is 6.74. The molecule has 1 saturated heterocycles. The van der Waals surface area contributed by atoms with Crippen LogP contribution >= 0.6 is 0 Å². The predicted octanol–water partition coefficient (Wildman–Crippen LogP) is 1.44. The molecule has 5 nitrogen and oxygen atoms in total. The molecule has 1 aromatic rings. The summed E-state index contributed by atoms with van der Waals surface area (Å²) in [4.78, 5) is 0.451. The lowest BCUT2D eigenvalue weighted by Crippen LogP contribution is -2.62. The molecule has 0 spiro atoms. The fourth-order valence-corrected chi connectivity index (χ4v) is 3.14. The minimum Gasteiger partial charge on any atom is -0.385 e. The van der Waals surface area contributed by atoms with Crippen LogP contribution in [0.1, 0.15) is 6.42 Å². The van der Waals surface area contributed by atoms with E-state index in [0.29, 0.717) is 0 Å². The number of halogens is 3. The Morgan fingerprint density at radius 3 is 2.43 bits per heavy atom. The maximum absolute atomic E-state index is 12.7. The average molecular weight is 320 g/mol. The number of nitriles is 1. The Hall–Kier alpha value is -1.79. The van der Waals surface area contributed by atoms with Gasteiger partial charge in [0.05, 0.1) is 23.1 Å². The van der Waals surface area contributed by atoms with E-state index >= 15 is 0 Å². The molecule has 0 atom stereocenters. The van der Waals surface area contributed by atoms with Crippen molar-refractivity contribution in [2.75, 3.05) is 18.0 Å². The van der Waals surface area contributed by atoms with Crippen molar-refractivity contribution in [1.29, 1.82) is 5.26 Å². The number of anilines is 1. The summed E-state index contributed by atoms with van der Waals surface area (Å²) >= 11 is 0. The monoisotopic (exact) mass is 320 g/mol. The third kappa shape index (κ3) is 2.69. The van der Waals surface area contributed by atoms with E-state index in [-0.39, 0.29) is 25.2 Å². The average Bonchev–Trinajstić information content (AvgIpc) is 2.34. The van der Waals surface area contributed by atoms with Crippen molar-refractivity contribution in [2.45, 2.75) is 22.4 Å². The molecule has 1 aromatic carbocycles. The summed E-state index contributed by atoms with van der Waals surface area (Å²) in [6, 6.07) is 6.50. The van der Waals surface area contributed by atoms with Gasteiger partial charge >= 0.3 is 5.51 Å². The summed E-state index contributed by atoms with van der Waals surface area (Å²) in [5.41, 5.74) is -6.83. The summed E-state index contributed by atoms with van der Waals surface area (Å²) in [5.74, 6) is 0. The first-order valence-corrected chi connectivity index (χ1v) is 7.34. The Kier molecular flexibility index (Phi) is 3.63. The van der Waals surface area contributed by atoms with Crippen molar-refractivity contribution in [3.63, 3.8) is 0 Å². The Bertz CT molecular complexity index is 688. The molecular weight excluding hydrogens is 309 g/mol. The first-order valence-electron chi connectivity index (χ1n) is 5.85. The highest BCUT2D eigenvalue weighted by molar-refractivity contribution is 7.92. The second-order valence-electron chi connectivity index (χ2n) is 4.83. The summed E-state index contributed by atoms with van der Waals surface area (Å²) in [5, 5.41) is 18.4. The van der Waals surface area contributed by atoms with E-state index in [1.54, 1.807) is 6.07 Å². The quantitative estimate of drug-likeness (QED) is 0.911. The number of hydrogen-bond donors (Lipinski definition) is 1. The largest absolute Gasteiger partial charge is 0.501 e. The van der Waals surface area contributed by atoms with E-state index in [9.17, 15) is 26.7 Å². The third-order valence-corrected chi connectivity index (χ3v) is 4.71. The van der Waals surface area contributed by atoms with E-state index in [0.717, 1.165) is 6.07 Å². The molecule has 1 fully saturated rings. The van der Waals surface area contributed by atoms with E-state index < -0.39 is 25.8 Å². The second kappa shape index (κ2) is 4.89. The van der Waals surface area contributed by atoms with Crippen LogP contribution in [-0.4, -0.2) is 37.7 Å². The highest BCUT2D eigenvalue weighted by Crippen LogP contribution is 2.39. The number of benzene rings is 1. The fraction of sp³-hybridized carbons (Fsp3) is 0.417. The van der Waals surface area contributed by atoms with Crippen molar-refractivity contribution in [3.05, 3.63) is 24.3 Å². The van der Waals surface area contributed by atoms with Crippen LogP contribution < -0.4 is 4.90 Å². The van der Waals surface area contributed by atoms with Gasteiger partial charge in [-0.2, -0.15) is 18.4 Å². The number of para-hydroxylation sites is 1. The van der Waals surface area contributed by atoms with Crippen molar-refractivity contribution in [2.24, 2.45) is 0 Å². The number of sulfone groups is 1. The van der Waals surface area contributed by atoms with Crippen LogP contribution in [0.3, 0.4) is 0 Å². The highest BCUT2D eigenvalue weighted by Gasteiger charge is 2.50. The van der Waals surface area contributed by atoms with Crippen molar-refractivity contribution in [3.8, 4) is 6.07 Å². The van der Waals surface area contributed by atoms with Crippen LogP contribution in [0.15, 0.2) is 29.2 Å². The molecule has 1 N–H and O–H groups in total. The van der Waals surface area contributed by atoms with Gasteiger partial charge in [-0.15, -0.1) is 0 Å². The summed E-state index contributed by atoms with van der Waals surface area (Å²) in [6.45, 7) is -0.185. The molecule has 0 radical (unpaired) electrons. The number of hydrogen-bond acceptors (Lipinski definition) is 5. The number of rotatable bonds is 3. The number of alkyl halides is 3. The summed E-state index contributed by atoms with van der Waals surface area (Å²) in [6.07, 6.45) is -0.169. The van der Waals surface area contributed by atoms with Crippen molar-refractivity contribution >= 4 is 15.5 Å². The maximum Gasteiger partial charge on any atom is 0.501 e. The number of β-amino-alcohol motifs (C(OH)–C–C–N with tert-alkyl or cyclic N) is 1. The van der Waals surface area contributed by atoms with Crippen LogP contribution in [0.5, 0.6) is 0 Å². The van der Waals surface area contributed by atoms with Gasteiger partial charge in [0.15, 0.2) is 0 Å². The lowest BCUT2D eigenvalue weighted by Gasteiger charge is -2.47. The molecule has 9 heteroatoms. The smallest absolute Gasteiger partial charge is 0.385 e. The van der Waals surface area contributed by atoms with E-state index in [1.807, 2.05) is 0 Å². The summed E-state index contributed by atoms with van der Waals surface area (Å²) < 4.78 is 61.1. The Labute approximate surface area is 119 Å². The topological polar surface area (TPSA) is 81.4 Å². The number of nitrogens with zero attached hydrogens (tertiary/aromatic N) is 2. The van der Waals surface area contributed by atoms with E-state index in [2.05, 4.69) is 0 Å². The van der Waals surface area contributed by atoms with Crippen LogP contribution in [0, 0.1) is 11.3 Å². The predicted molar refractivity (Wildman–Crippen MR) is 67.1 cm³/mol. The molecule has 0 aliphatic carbocycles. The highest BCUT2D eigenvalue weighted by atomic mass is 32.2. The third-order valence-electron chi connectivity index (χ3n) is 3.18. The molecule has 0 bridgehead atoms. The van der Waals surface area contributed by atoms with Crippen LogP contribution in [0.2, 0.25) is 0 Å². The molecule has 0 unspecified atom stereocenters. The standard InChI is InChI=1S/C12H11F3N2O3S/c13-12(14,15)21(19,20)10-4-2-1-3-9(10)17-7-11(18,8-17)5-6-16/h1-4,18H,5,7-8H2. The molecule has 0 saturated carbocycles. The van der Waals surface area contributed by atoms with Crippen molar-refractivity contribution < 1.29 is 26.7 Å². The molecule has 0 aromatic heterocycles. The molecule has 21 heavy (non-hydrogen) atoms. The van der Waals surface area contributed by atoms with Gasteiger partial charge in [0.25, 0.3) is 9.84 Å². The normalized spacial score (nSPS) is 18.0. The van der Waals surface area contributed by atoms with E-state index in [1.165, 1.54) is 23.1 Å². The van der Waals surface area contributed by atoms with Gasteiger partial charge in [0, 0.05) is 13.1 Å². The first kappa shape index (κ1) is 15.6. The zero-order valence-corrected chi connectivity index (χ0v) is 11.4. The van der Waals surface area contributed by atoms with Crippen LogP contribution in [0.4, 0.5) is 18.9 Å². The van der Waals surface area contributed by atoms with Gasteiger partial charge < -0.3 is 10.0 Å². The first-order chi connectivity index (χ1) is 9.61. The Morgan fingerprint density at radius 2 is 1.90 bits per heavy atom. The molecule has 1 heterocycles. The molecule has 1 aliphatic rings. The van der Waals surface area contributed by atoms with Crippen LogP contribution in [0.25, 0.3) is 0 Å². The Morgan fingerprint density at radius 1 is 1.33 bits per heavy atom. The van der Waals surface area contributed by atoms with E-state index in [4.69, 9.17) is 5.26 Å². The fourth-order valence-electron chi connectivity index (χ4n) is 2.16. The zero-order chi connectivity index (χ0) is 15.9. The van der Waals surface area contributed by atoms with Gasteiger partial charge in [-0.05, 0) is 12.1 Å². The lowest BCUT2D eigenvalue weighted by molar-refractivity contribution is -0.0436. The lowest BCUT2D eigenvalue weighted by atomic mass is 9.90. The molecule has 114 valence electrons. The Balaban J connectivity index is 2.36. The molecule has 0 amide bonds. The summed E-state index contributed by atoms with van der Waals surface area (Å²) in [7, 11) is -5.47. The maximum atomic E-state index is 12.7. The van der Waals surface area contributed by atoms with Crippen LogP contribution in [-0.2, 0) is 9.84 Å². The minimum atomic E-state index is -5.47. The number of aliphatic hydroxyl groups is 1. The van der Waals surface area contributed by atoms with Gasteiger partial charge in [0.1, 0.15) is 5.60 Å². The van der Waals surface area contributed by atoms with Gasteiger partial charge in [0.2, 0.25) is 0 Å². The minimum absolute atomic E-state index is 0.0923. The van der Waals surface area contributed by atoms with Gasteiger partial charge in [-0.1, -0.05) is 12.1 Å². The van der Waals surface area contributed by atoms with Gasteiger partial charge in [-0.25, -0.2) is 8.42 Å². The molecule has 2 rings (SSSR count). The van der Waals surface area contributed by atoms with Gasteiger partial charge in [-0.3, -0.25) is 0 Å².